The fraction of sp³-hybridized carbons (Fsp3) is 0.391. The van der Waals surface area contributed by atoms with Crippen LogP contribution in [0.4, 0.5) is 0 Å². The van der Waals surface area contributed by atoms with Crippen molar-refractivity contribution in [2.75, 3.05) is 18.8 Å². The lowest BCUT2D eigenvalue weighted by Crippen LogP contribution is -2.33. The second kappa shape index (κ2) is 9.43. The van der Waals surface area contributed by atoms with E-state index in [2.05, 4.69) is 47.2 Å². The van der Waals surface area contributed by atoms with Crippen molar-refractivity contribution in [3.8, 4) is 17.2 Å². The van der Waals surface area contributed by atoms with Crippen LogP contribution >= 0.6 is 11.8 Å². The molecule has 4 rings (SSSR count). The fourth-order valence-electron chi connectivity index (χ4n) is 3.84. The highest BCUT2D eigenvalue weighted by atomic mass is 32.2. The number of benzene rings is 1. The van der Waals surface area contributed by atoms with Gasteiger partial charge >= 0.3 is 0 Å². The van der Waals surface area contributed by atoms with Crippen LogP contribution in [0.15, 0.2) is 47.8 Å². The summed E-state index contributed by atoms with van der Waals surface area (Å²) in [5.74, 6) is 1.23. The van der Waals surface area contributed by atoms with Gasteiger partial charge in [-0.1, -0.05) is 48.4 Å². The minimum absolute atomic E-state index is 0.177. The van der Waals surface area contributed by atoms with Crippen molar-refractivity contribution in [1.29, 1.82) is 0 Å². The van der Waals surface area contributed by atoms with Crippen LogP contribution in [0.5, 0.6) is 0 Å². The summed E-state index contributed by atoms with van der Waals surface area (Å²) in [6.07, 6.45) is 6.38. The lowest BCUT2D eigenvalue weighted by molar-refractivity contribution is -0.128. The van der Waals surface area contributed by atoms with Gasteiger partial charge in [0.2, 0.25) is 5.91 Å². The number of thioether (sulfide) groups is 1. The van der Waals surface area contributed by atoms with Crippen LogP contribution < -0.4 is 0 Å². The van der Waals surface area contributed by atoms with Gasteiger partial charge in [0, 0.05) is 19.3 Å². The molecule has 156 valence electrons. The van der Waals surface area contributed by atoms with Crippen LogP contribution in [-0.2, 0) is 4.79 Å². The minimum Gasteiger partial charge on any atom is -0.342 e. The third-order valence-electron chi connectivity index (χ3n) is 5.40. The highest BCUT2D eigenvalue weighted by Crippen LogP contribution is 2.29. The van der Waals surface area contributed by atoms with E-state index in [0.717, 1.165) is 42.9 Å². The lowest BCUT2D eigenvalue weighted by Gasteiger charge is -2.20. The summed E-state index contributed by atoms with van der Waals surface area (Å²) in [6.45, 7) is 5.89. The zero-order valence-corrected chi connectivity index (χ0v) is 18.4. The highest BCUT2D eigenvalue weighted by molar-refractivity contribution is 7.99. The molecular weight excluding hydrogens is 394 g/mol. The number of likely N-dealkylation sites (tertiary alicyclic amines) is 1. The lowest BCUT2D eigenvalue weighted by atomic mass is 10.1. The zero-order valence-electron chi connectivity index (χ0n) is 17.5. The molecule has 0 spiro atoms. The number of hydrogen-bond acceptors (Lipinski definition) is 5. The number of rotatable bonds is 5. The van der Waals surface area contributed by atoms with Crippen LogP contribution in [-0.4, -0.2) is 49.4 Å². The SMILES string of the molecule is Cc1ccc(-n2c(SCC(=O)N3CCCCCC3)nnc2-c2ccccn2)c(C)c1. The predicted molar refractivity (Wildman–Crippen MR) is 120 cm³/mol. The van der Waals surface area contributed by atoms with Gasteiger partial charge in [0.05, 0.1) is 11.4 Å². The summed E-state index contributed by atoms with van der Waals surface area (Å²) in [5, 5.41) is 9.58. The Balaban J connectivity index is 1.64. The third kappa shape index (κ3) is 4.56. The molecule has 0 atom stereocenters. The first kappa shape index (κ1) is 20.6. The van der Waals surface area contributed by atoms with Crippen molar-refractivity contribution in [3.63, 3.8) is 0 Å². The van der Waals surface area contributed by atoms with Crippen LogP contribution in [0.1, 0.15) is 36.8 Å². The monoisotopic (exact) mass is 421 g/mol. The molecule has 1 amide bonds. The van der Waals surface area contributed by atoms with E-state index in [1.54, 1.807) is 6.20 Å². The number of carbonyl (C=O) groups is 1. The average molecular weight is 422 g/mol. The van der Waals surface area contributed by atoms with Crippen LogP contribution in [0.25, 0.3) is 17.2 Å². The normalized spacial score (nSPS) is 14.5. The maximum atomic E-state index is 12.8. The van der Waals surface area contributed by atoms with E-state index in [4.69, 9.17) is 0 Å². The number of pyridine rings is 1. The van der Waals surface area contributed by atoms with Gasteiger partial charge in [0.25, 0.3) is 0 Å². The van der Waals surface area contributed by atoms with Gasteiger partial charge in [0.1, 0.15) is 5.69 Å². The van der Waals surface area contributed by atoms with E-state index in [0.29, 0.717) is 16.7 Å². The van der Waals surface area contributed by atoms with Crippen molar-refractivity contribution in [2.45, 2.75) is 44.7 Å². The molecule has 3 aromatic rings. The maximum Gasteiger partial charge on any atom is 0.233 e. The minimum atomic E-state index is 0.177. The van der Waals surface area contributed by atoms with Crippen LogP contribution in [0.3, 0.4) is 0 Å². The smallest absolute Gasteiger partial charge is 0.233 e. The van der Waals surface area contributed by atoms with Gasteiger partial charge in [-0.15, -0.1) is 10.2 Å². The molecule has 0 aliphatic carbocycles. The second-order valence-electron chi connectivity index (χ2n) is 7.73. The van der Waals surface area contributed by atoms with Crippen molar-refractivity contribution in [3.05, 3.63) is 53.7 Å². The van der Waals surface area contributed by atoms with Gasteiger partial charge in [0.15, 0.2) is 11.0 Å². The quantitative estimate of drug-likeness (QED) is 0.570. The number of aryl methyl sites for hydroxylation is 2. The van der Waals surface area contributed by atoms with Crippen molar-refractivity contribution >= 4 is 17.7 Å². The van der Waals surface area contributed by atoms with E-state index in [-0.39, 0.29) is 5.91 Å². The van der Waals surface area contributed by atoms with Gasteiger partial charge < -0.3 is 4.90 Å². The summed E-state index contributed by atoms with van der Waals surface area (Å²) in [5.41, 5.74) is 4.11. The van der Waals surface area contributed by atoms with E-state index >= 15 is 0 Å². The molecule has 1 fully saturated rings. The first-order valence-corrected chi connectivity index (χ1v) is 11.5. The van der Waals surface area contributed by atoms with E-state index in [1.807, 2.05) is 27.7 Å². The number of amides is 1. The fourth-order valence-corrected chi connectivity index (χ4v) is 4.68. The molecule has 0 unspecified atom stereocenters. The zero-order chi connectivity index (χ0) is 20.9. The Hall–Kier alpha value is -2.67. The topological polar surface area (TPSA) is 63.9 Å². The first-order valence-electron chi connectivity index (χ1n) is 10.5. The van der Waals surface area contributed by atoms with Crippen LogP contribution in [0, 0.1) is 13.8 Å². The standard InChI is InChI=1S/C23H27N5OS/c1-17-10-11-20(18(2)15-17)28-22(19-9-5-6-12-24-19)25-26-23(28)30-16-21(29)27-13-7-3-4-8-14-27/h5-6,9-12,15H,3-4,7-8,13-14,16H2,1-2H3. The Morgan fingerprint density at radius 2 is 1.83 bits per heavy atom. The highest BCUT2D eigenvalue weighted by Gasteiger charge is 2.21. The van der Waals surface area contributed by atoms with Crippen LogP contribution in [0.2, 0.25) is 0 Å². The molecule has 3 heterocycles. The van der Waals surface area contributed by atoms with E-state index in [9.17, 15) is 4.79 Å². The molecule has 0 bridgehead atoms. The summed E-state index contributed by atoms with van der Waals surface area (Å²) in [4.78, 5) is 19.3. The molecule has 0 radical (unpaired) electrons. The molecular formula is C23H27N5OS. The number of nitrogens with zero attached hydrogens (tertiary/aromatic N) is 5. The van der Waals surface area contributed by atoms with Gasteiger partial charge in [-0.3, -0.25) is 14.3 Å². The number of aromatic nitrogens is 4. The Labute approximate surface area is 181 Å². The van der Waals surface area contributed by atoms with Gasteiger partial charge in [-0.2, -0.15) is 0 Å². The summed E-state index contributed by atoms with van der Waals surface area (Å²) in [7, 11) is 0. The maximum absolute atomic E-state index is 12.8. The molecule has 1 aromatic carbocycles. The molecule has 7 heteroatoms. The van der Waals surface area contributed by atoms with Crippen molar-refractivity contribution < 1.29 is 4.79 Å². The molecule has 1 aliphatic rings. The third-order valence-corrected chi connectivity index (χ3v) is 6.32. The molecule has 1 saturated heterocycles. The van der Waals surface area contributed by atoms with E-state index in [1.165, 1.54) is 30.2 Å². The molecule has 1 aliphatic heterocycles. The Kier molecular flexibility index (Phi) is 6.47. The van der Waals surface area contributed by atoms with E-state index < -0.39 is 0 Å². The Morgan fingerprint density at radius 3 is 2.53 bits per heavy atom. The number of carbonyl (C=O) groups excluding carboxylic acids is 1. The molecule has 2 aromatic heterocycles. The Morgan fingerprint density at radius 1 is 1.03 bits per heavy atom. The summed E-state index contributed by atoms with van der Waals surface area (Å²) in [6, 6.07) is 12.1. The van der Waals surface area contributed by atoms with Crippen molar-refractivity contribution in [1.82, 2.24) is 24.6 Å². The van der Waals surface area contributed by atoms with Gasteiger partial charge in [-0.05, 0) is 50.5 Å². The summed E-state index contributed by atoms with van der Waals surface area (Å²) < 4.78 is 2.03. The molecule has 0 N–H and O–H groups in total. The summed E-state index contributed by atoms with van der Waals surface area (Å²) >= 11 is 1.45. The molecule has 6 nitrogen and oxygen atoms in total. The number of hydrogen-bond donors (Lipinski definition) is 0. The van der Waals surface area contributed by atoms with Gasteiger partial charge in [-0.25, -0.2) is 0 Å². The largest absolute Gasteiger partial charge is 0.342 e. The average Bonchev–Trinajstić information content (AvgIpc) is 2.97. The Bertz CT molecular complexity index is 1010. The molecule has 0 saturated carbocycles. The first-order chi connectivity index (χ1) is 14.6. The molecule has 30 heavy (non-hydrogen) atoms. The second-order valence-corrected chi connectivity index (χ2v) is 8.67. The van der Waals surface area contributed by atoms with Crippen molar-refractivity contribution in [2.24, 2.45) is 0 Å². The predicted octanol–water partition coefficient (Wildman–Crippen LogP) is 4.44.